The largest absolute Gasteiger partial charge is 0.484 e. The lowest BCUT2D eigenvalue weighted by atomic mass is 10.2. The van der Waals surface area contributed by atoms with Crippen molar-refractivity contribution >= 4 is 45.4 Å². The Labute approximate surface area is 135 Å². The number of carbonyl (C=O) groups excluding carboxylic acids is 2. The Balaban J connectivity index is 1.94. The van der Waals surface area contributed by atoms with Crippen LogP contribution in [0.5, 0.6) is 5.75 Å². The lowest BCUT2D eigenvalue weighted by Gasteiger charge is -2.09. The Morgan fingerprint density at radius 3 is 2.81 bits per heavy atom. The van der Waals surface area contributed by atoms with Crippen LogP contribution < -0.4 is 10.1 Å². The van der Waals surface area contributed by atoms with Crippen molar-refractivity contribution in [3.05, 3.63) is 57.5 Å². The monoisotopic (exact) mass is 367 g/mol. The first kappa shape index (κ1) is 15.5. The van der Waals surface area contributed by atoms with Crippen LogP contribution in [0.3, 0.4) is 0 Å². The molecular weight excluding hydrogens is 358 g/mol. The molecule has 2 rings (SSSR count). The van der Waals surface area contributed by atoms with Gasteiger partial charge in [0.15, 0.2) is 6.61 Å². The summed E-state index contributed by atoms with van der Waals surface area (Å²) in [6, 6.07) is 11.7. The molecule has 0 atom stereocenters. The third-order valence-electron chi connectivity index (χ3n) is 2.57. The number of benzene rings is 2. The summed E-state index contributed by atoms with van der Waals surface area (Å²) >= 11 is 9.29. The number of amides is 1. The summed E-state index contributed by atoms with van der Waals surface area (Å²) in [6.45, 7) is -0.172. The zero-order valence-electron chi connectivity index (χ0n) is 10.8. The molecule has 0 radical (unpaired) electrons. The Bertz CT molecular complexity index is 676. The van der Waals surface area contributed by atoms with Gasteiger partial charge >= 0.3 is 0 Å². The second kappa shape index (κ2) is 7.24. The maximum atomic E-state index is 11.8. The first-order valence-electron chi connectivity index (χ1n) is 6.01. The highest BCUT2D eigenvalue weighted by atomic mass is 79.9. The summed E-state index contributed by atoms with van der Waals surface area (Å²) in [5, 5.41) is 3.08. The Morgan fingerprint density at radius 1 is 1.29 bits per heavy atom. The van der Waals surface area contributed by atoms with Crippen LogP contribution in [-0.4, -0.2) is 18.8 Å². The van der Waals surface area contributed by atoms with Gasteiger partial charge in [-0.3, -0.25) is 9.59 Å². The SMILES string of the molecule is O=Cc1cccc(OCC(=O)Nc2ccc(Br)cc2Cl)c1. The van der Waals surface area contributed by atoms with Crippen molar-refractivity contribution < 1.29 is 14.3 Å². The van der Waals surface area contributed by atoms with Crippen LogP contribution in [0.15, 0.2) is 46.9 Å². The Hall–Kier alpha value is -1.85. The van der Waals surface area contributed by atoms with E-state index in [-0.39, 0.29) is 12.5 Å². The molecule has 0 spiro atoms. The molecule has 21 heavy (non-hydrogen) atoms. The first-order valence-corrected chi connectivity index (χ1v) is 7.18. The van der Waals surface area contributed by atoms with E-state index in [1.807, 2.05) is 0 Å². The summed E-state index contributed by atoms with van der Waals surface area (Å²) in [4.78, 5) is 22.5. The lowest BCUT2D eigenvalue weighted by Crippen LogP contribution is -2.20. The van der Waals surface area contributed by atoms with Crippen molar-refractivity contribution in [3.63, 3.8) is 0 Å². The quantitative estimate of drug-likeness (QED) is 0.814. The number of rotatable bonds is 5. The number of anilines is 1. The molecule has 108 valence electrons. The highest BCUT2D eigenvalue weighted by molar-refractivity contribution is 9.10. The number of hydrogen-bond donors (Lipinski definition) is 1. The maximum absolute atomic E-state index is 11.8. The lowest BCUT2D eigenvalue weighted by molar-refractivity contribution is -0.118. The molecule has 2 aromatic carbocycles. The van der Waals surface area contributed by atoms with E-state index in [1.165, 1.54) is 0 Å². The summed E-state index contributed by atoms with van der Waals surface area (Å²) in [7, 11) is 0. The fourth-order valence-electron chi connectivity index (χ4n) is 1.60. The van der Waals surface area contributed by atoms with Crippen molar-refractivity contribution in [1.82, 2.24) is 0 Å². The topological polar surface area (TPSA) is 55.4 Å². The van der Waals surface area contributed by atoms with Crippen molar-refractivity contribution in [1.29, 1.82) is 0 Å². The molecule has 0 saturated heterocycles. The Morgan fingerprint density at radius 2 is 2.10 bits per heavy atom. The van der Waals surface area contributed by atoms with Crippen molar-refractivity contribution in [2.24, 2.45) is 0 Å². The van der Waals surface area contributed by atoms with Crippen molar-refractivity contribution in [2.75, 3.05) is 11.9 Å². The van der Waals surface area contributed by atoms with Crippen LogP contribution in [-0.2, 0) is 4.79 Å². The van der Waals surface area contributed by atoms with Crippen LogP contribution in [0.1, 0.15) is 10.4 Å². The molecule has 4 nitrogen and oxygen atoms in total. The fraction of sp³-hybridized carbons (Fsp3) is 0.0667. The van der Waals surface area contributed by atoms with Gasteiger partial charge in [0, 0.05) is 10.0 Å². The Kier molecular flexibility index (Phi) is 5.36. The molecule has 0 bridgehead atoms. The third kappa shape index (κ3) is 4.58. The van der Waals surface area contributed by atoms with E-state index >= 15 is 0 Å². The average Bonchev–Trinajstić information content (AvgIpc) is 2.48. The summed E-state index contributed by atoms with van der Waals surface area (Å²) in [6.07, 6.45) is 0.717. The predicted octanol–water partition coefficient (Wildman–Crippen LogP) is 3.93. The summed E-state index contributed by atoms with van der Waals surface area (Å²) < 4.78 is 6.15. The summed E-state index contributed by atoms with van der Waals surface area (Å²) in [5.41, 5.74) is 0.999. The van der Waals surface area contributed by atoms with Crippen LogP contribution >= 0.6 is 27.5 Å². The molecule has 2 aromatic rings. The van der Waals surface area contributed by atoms with Crippen molar-refractivity contribution in [2.45, 2.75) is 0 Å². The van der Waals surface area contributed by atoms with Gasteiger partial charge in [0.2, 0.25) is 0 Å². The molecule has 0 aliphatic carbocycles. The first-order chi connectivity index (χ1) is 10.1. The smallest absolute Gasteiger partial charge is 0.262 e. The van der Waals surface area contributed by atoms with E-state index in [1.54, 1.807) is 42.5 Å². The van der Waals surface area contributed by atoms with Gasteiger partial charge in [-0.05, 0) is 30.3 Å². The second-order valence-electron chi connectivity index (χ2n) is 4.15. The molecule has 1 N–H and O–H groups in total. The van der Waals surface area contributed by atoms with E-state index in [0.29, 0.717) is 28.3 Å². The highest BCUT2D eigenvalue weighted by Gasteiger charge is 2.07. The number of carbonyl (C=O) groups is 2. The van der Waals surface area contributed by atoms with Crippen LogP contribution in [0, 0.1) is 0 Å². The van der Waals surface area contributed by atoms with E-state index in [4.69, 9.17) is 16.3 Å². The van der Waals surface area contributed by atoms with Crippen LogP contribution in [0.25, 0.3) is 0 Å². The van der Waals surface area contributed by atoms with E-state index in [0.717, 1.165) is 4.47 Å². The predicted molar refractivity (Wildman–Crippen MR) is 85.1 cm³/mol. The van der Waals surface area contributed by atoms with Gasteiger partial charge in [0.1, 0.15) is 12.0 Å². The van der Waals surface area contributed by atoms with Crippen molar-refractivity contribution in [3.8, 4) is 5.75 Å². The molecule has 0 saturated carbocycles. The van der Waals surface area contributed by atoms with Gasteiger partial charge in [-0.15, -0.1) is 0 Å². The minimum Gasteiger partial charge on any atom is -0.484 e. The molecule has 6 heteroatoms. The van der Waals surface area contributed by atoms with E-state index in [2.05, 4.69) is 21.2 Å². The highest BCUT2D eigenvalue weighted by Crippen LogP contribution is 2.25. The second-order valence-corrected chi connectivity index (χ2v) is 5.47. The van der Waals surface area contributed by atoms with Gasteiger partial charge in [0.25, 0.3) is 5.91 Å². The molecule has 1 amide bonds. The maximum Gasteiger partial charge on any atom is 0.262 e. The fourth-order valence-corrected chi connectivity index (χ4v) is 2.32. The zero-order chi connectivity index (χ0) is 15.2. The molecule has 0 aliphatic heterocycles. The van der Waals surface area contributed by atoms with E-state index < -0.39 is 0 Å². The summed E-state index contributed by atoms with van der Waals surface area (Å²) in [5.74, 6) is 0.118. The number of nitrogens with one attached hydrogen (secondary N) is 1. The molecule has 0 heterocycles. The molecular formula is C15H11BrClNO3. The van der Waals surface area contributed by atoms with Gasteiger partial charge in [-0.2, -0.15) is 0 Å². The van der Waals surface area contributed by atoms with Crippen LogP contribution in [0.4, 0.5) is 5.69 Å². The molecule has 0 fully saturated rings. The van der Waals surface area contributed by atoms with Gasteiger partial charge in [0.05, 0.1) is 10.7 Å². The number of aldehydes is 1. The van der Waals surface area contributed by atoms with Gasteiger partial charge < -0.3 is 10.1 Å². The normalized spacial score (nSPS) is 10.0. The molecule has 0 unspecified atom stereocenters. The van der Waals surface area contributed by atoms with Gasteiger partial charge in [-0.1, -0.05) is 39.7 Å². The molecule has 0 aromatic heterocycles. The van der Waals surface area contributed by atoms with Gasteiger partial charge in [-0.25, -0.2) is 0 Å². The number of halogens is 2. The zero-order valence-corrected chi connectivity index (χ0v) is 13.1. The minimum atomic E-state index is -0.337. The van der Waals surface area contributed by atoms with Crippen LogP contribution in [0.2, 0.25) is 5.02 Å². The standard InChI is InChI=1S/C15H11BrClNO3/c16-11-4-5-14(13(17)7-11)18-15(20)9-21-12-3-1-2-10(6-12)8-19/h1-8H,9H2,(H,18,20). The number of ether oxygens (including phenoxy) is 1. The molecule has 0 aliphatic rings. The number of hydrogen-bond acceptors (Lipinski definition) is 3. The third-order valence-corrected chi connectivity index (χ3v) is 3.38. The average molecular weight is 369 g/mol. The minimum absolute atomic E-state index is 0.172. The van der Waals surface area contributed by atoms with E-state index in [9.17, 15) is 9.59 Å².